The Morgan fingerprint density at radius 1 is 1.15 bits per heavy atom. The highest BCUT2D eigenvalue weighted by molar-refractivity contribution is 5.69. The fourth-order valence-electron chi connectivity index (χ4n) is 1.29. The van der Waals surface area contributed by atoms with Gasteiger partial charge in [0.2, 0.25) is 0 Å². The number of hydrogen-bond acceptors (Lipinski definition) is 2. The van der Waals surface area contributed by atoms with E-state index in [0.29, 0.717) is 0 Å². The maximum absolute atomic E-state index is 10.7. The minimum Gasteiger partial charge on any atom is -0.481 e. The summed E-state index contributed by atoms with van der Waals surface area (Å²) < 4.78 is 0. The molecule has 0 aliphatic carbocycles. The molecule has 0 aromatic carbocycles. The van der Waals surface area contributed by atoms with Crippen molar-refractivity contribution in [2.24, 2.45) is 5.92 Å². The van der Waals surface area contributed by atoms with Gasteiger partial charge in [0.25, 0.3) is 0 Å². The molecule has 13 heavy (non-hydrogen) atoms. The molecule has 0 spiro atoms. The van der Waals surface area contributed by atoms with E-state index in [1.54, 1.807) is 0 Å². The second-order valence-electron chi connectivity index (χ2n) is 3.32. The molecule has 0 atom stereocenters. The molecule has 0 saturated heterocycles. The van der Waals surface area contributed by atoms with E-state index >= 15 is 0 Å². The number of aliphatic carboxylic acids is 1. The summed E-state index contributed by atoms with van der Waals surface area (Å²) in [5.41, 5.74) is 0. The van der Waals surface area contributed by atoms with Crippen molar-refractivity contribution in [3.63, 3.8) is 0 Å². The van der Waals surface area contributed by atoms with Gasteiger partial charge in [-0.2, -0.15) is 0 Å². The van der Waals surface area contributed by atoms with Gasteiger partial charge in [-0.1, -0.05) is 39.5 Å². The van der Waals surface area contributed by atoms with E-state index in [4.69, 9.17) is 5.11 Å². The number of carboxylic acids is 1. The summed E-state index contributed by atoms with van der Waals surface area (Å²) >= 11 is 0. The van der Waals surface area contributed by atoms with Gasteiger partial charge in [-0.15, -0.1) is 0 Å². The van der Waals surface area contributed by atoms with Crippen LogP contribution in [0.25, 0.3) is 0 Å². The first-order valence-corrected chi connectivity index (χ1v) is 4.95. The van der Waals surface area contributed by atoms with E-state index in [2.05, 4.69) is 13.8 Å². The van der Waals surface area contributed by atoms with Gasteiger partial charge in [0.1, 0.15) is 0 Å². The third kappa shape index (κ3) is 7.78. The van der Waals surface area contributed by atoms with Crippen LogP contribution in [0.4, 0.5) is 0 Å². The molecule has 3 heteroatoms. The zero-order chi connectivity index (χ0) is 9.40. The Morgan fingerprint density at radius 3 is 1.77 bits per heavy atom. The molecule has 0 amide bonds. The predicted octanol–water partition coefficient (Wildman–Crippen LogP) is 3.23. The third-order valence-electron chi connectivity index (χ3n) is 2.16. The van der Waals surface area contributed by atoms with Crippen LogP contribution in [0, 0.1) is 5.92 Å². The Hall–Kier alpha value is -0.570. The summed E-state index contributed by atoms with van der Waals surface area (Å²) in [5.74, 6) is -0.707. The monoisotopic (exact) mass is 189 g/mol. The van der Waals surface area contributed by atoms with Crippen LogP contribution in [0.15, 0.2) is 0 Å². The first-order valence-electron chi connectivity index (χ1n) is 4.95. The first-order chi connectivity index (χ1) is 5.72. The van der Waals surface area contributed by atoms with Gasteiger partial charge in [0, 0.05) is 0 Å². The molecule has 0 saturated carbocycles. The minimum atomic E-state index is -0.614. The number of unbranched alkanes of at least 4 members (excludes halogenated alkanes) is 2. The molecular weight excluding hydrogens is 166 g/mol. The van der Waals surface area contributed by atoms with E-state index in [1.165, 1.54) is 0 Å². The van der Waals surface area contributed by atoms with Crippen LogP contribution in [0.2, 0.25) is 0 Å². The molecule has 0 aliphatic heterocycles. The zero-order valence-electron chi connectivity index (χ0n) is 8.88. The van der Waals surface area contributed by atoms with Gasteiger partial charge >= 0.3 is 5.97 Å². The third-order valence-corrected chi connectivity index (χ3v) is 2.16. The van der Waals surface area contributed by atoms with Crippen molar-refractivity contribution >= 4 is 5.97 Å². The van der Waals surface area contributed by atoms with Crippen LogP contribution in [0.5, 0.6) is 0 Å². The number of hydrogen-bond donors (Lipinski definition) is 2. The maximum Gasteiger partial charge on any atom is 0.306 e. The lowest BCUT2D eigenvalue weighted by atomic mass is 9.96. The minimum absolute atomic E-state index is 0. The zero-order valence-corrected chi connectivity index (χ0v) is 8.88. The van der Waals surface area contributed by atoms with Gasteiger partial charge < -0.3 is 11.3 Å². The molecular formula is C10H23NO2. The summed E-state index contributed by atoms with van der Waals surface area (Å²) in [4.78, 5) is 10.7. The van der Waals surface area contributed by atoms with E-state index < -0.39 is 5.97 Å². The highest BCUT2D eigenvalue weighted by Gasteiger charge is 2.15. The van der Waals surface area contributed by atoms with E-state index in [9.17, 15) is 4.79 Å². The van der Waals surface area contributed by atoms with E-state index in [0.717, 1.165) is 38.5 Å². The van der Waals surface area contributed by atoms with Crippen molar-refractivity contribution in [1.82, 2.24) is 6.15 Å². The van der Waals surface area contributed by atoms with Gasteiger partial charge in [0.15, 0.2) is 0 Å². The van der Waals surface area contributed by atoms with Crippen molar-refractivity contribution in [3.8, 4) is 0 Å². The van der Waals surface area contributed by atoms with Gasteiger partial charge in [-0.3, -0.25) is 4.79 Å². The summed E-state index contributed by atoms with van der Waals surface area (Å²) in [7, 11) is 0. The van der Waals surface area contributed by atoms with E-state index in [1.807, 2.05) is 0 Å². The Kier molecular flexibility index (Phi) is 10.9. The average molecular weight is 189 g/mol. The standard InChI is InChI=1S/C10H20O2.H3N/c1-3-5-7-9(10(11)12)8-6-4-2;/h9H,3-8H2,1-2H3,(H,11,12);1H3. The molecule has 0 rings (SSSR count). The van der Waals surface area contributed by atoms with Crippen LogP contribution in [-0.2, 0) is 4.79 Å². The molecule has 0 aromatic rings. The SMILES string of the molecule is CCCCC(CCCC)C(=O)O.N. The molecule has 3 nitrogen and oxygen atoms in total. The van der Waals surface area contributed by atoms with Crippen molar-refractivity contribution < 1.29 is 9.90 Å². The lowest BCUT2D eigenvalue weighted by Gasteiger charge is -2.10. The predicted molar refractivity (Wildman–Crippen MR) is 55.2 cm³/mol. The second kappa shape index (κ2) is 9.52. The van der Waals surface area contributed by atoms with Crippen LogP contribution in [-0.4, -0.2) is 11.1 Å². The molecule has 4 N–H and O–H groups in total. The smallest absolute Gasteiger partial charge is 0.306 e. The number of carbonyl (C=O) groups is 1. The van der Waals surface area contributed by atoms with Crippen LogP contribution >= 0.6 is 0 Å². The summed E-state index contributed by atoms with van der Waals surface area (Å²) in [5, 5.41) is 8.83. The van der Waals surface area contributed by atoms with Crippen molar-refractivity contribution in [3.05, 3.63) is 0 Å². The Morgan fingerprint density at radius 2 is 1.54 bits per heavy atom. The van der Waals surface area contributed by atoms with Crippen molar-refractivity contribution in [2.45, 2.75) is 52.4 Å². The Labute approximate surface area is 81.1 Å². The van der Waals surface area contributed by atoms with E-state index in [-0.39, 0.29) is 12.1 Å². The van der Waals surface area contributed by atoms with Crippen molar-refractivity contribution in [1.29, 1.82) is 0 Å². The molecule has 0 fully saturated rings. The fourth-order valence-corrected chi connectivity index (χ4v) is 1.29. The molecule has 0 unspecified atom stereocenters. The molecule has 0 aliphatic rings. The van der Waals surface area contributed by atoms with Gasteiger partial charge in [0.05, 0.1) is 5.92 Å². The highest BCUT2D eigenvalue weighted by Crippen LogP contribution is 2.15. The topological polar surface area (TPSA) is 72.3 Å². The Bertz CT molecular complexity index is 118. The van der Waals surface area contributed by atoms with Gasteiger partial charge in [-0.05, 0) is 12.8 Å². The quantitative estimate of drug-likeness (QED) is 0.645. The molecule has 0 aromatic heterocycles. The fraction of sp³-hybridized carbons (Fsp3) is 0.900. The maximum atomic E-state index is 10.7. The van der Waals surface area contributed by atoms with Crippen molar-refractivity contribution in [2.75, 3.05) is 0 Å². The first kappa shape index (κ1) is 14.9. The van der Waals surface area contributed by atoms with Gasteiger partial charge in [-0.25, -0.2) is 0 Å². The lowest BCUT2D eigenvalue weighted by molar-refractivity contribution is -0.142. The molecule has 0 heterocycles. The number of carboxylic acid groups (broad SMARTS) is 1. The second-order valence-corrected chi connectivity index (χ2v) is 3.32. The van der Waals surface area contributed by atoms with Crippen LogP contribution in [0.3, 0.4) is 0 Å². The number of rotatable bonds is 7. The molecule has 0 bridgehead atoms. The summed E-state index contributed by atoms with van der Waals surface area (Å²) in [6, 6.07) is 0. The average Bonchev–Trinajstić information content (AvgIpc) is 2.04. The highest BCUT2D eigenvalue weighted by atomic mass is 16.4. The lowest BCUT2D eigenvalue weighted by Crippen LogP contribution is -2.13. The summed E-state index contributed by atoms with van der Waals surface area (Å²) in [6.07, 6.45) is 5.98. The normalized spacial score (nSPS) is 9.77. The molecule has 0 radical (unpaired) electrons. The summed E-state index contributed by atoms with van der Waals surface area (Å²) in [6.45, 7) is 4.19. The van der Waals surface area contributed by atoms with Crippen LogP contribution < -0.4 is 6.15 Å². The van der Waals surface area contributed by atoms with Crippen LogP contribution in [0.1, 0.15) is 52.4 Å². The largest absolute Gasteiger partial charge is 0.481 e. The molecule has 80 valence electrons. The Balaban J connectivity index is 0.